The third-order valence-electron chi connectivity index (χ3n) is 4.71. The molecule has 0 radical (unpaired) electrons. The van der Waals surface area contributed by atoms with Gasteiger partial charge in [0.2, 0.25) is 5.91 Å². The highest BCUT2D eigenvalue weighted by atomic mass is 16.2. The minimum atomic E-state index is 0.178. The van der Waals surface area contributed by atoms with Gasteiger partial charge in [-0.05, 0) is 37.0 Å². The highest BCUT2D eigenvalue weighted by Gasteiger charge is 2.29. The van der Waals surface area contributed by atoms with Crippen molar-refractivity contribution in [3.8, 4) is 6.07 Å². The zero-order valence-corrected chi connectivity index (χ0v) is 13.7. The van der Waals surface area contributed by atoms with Crippen LogP contribution in [0.25, 0.3) is 0 Å². The van der Waals surface area contributed by atoms with E-state index in [1.165, 1.54) is 5.56 Å². The fourth-order valence-corrected chi connectivity index (χ4v) is 3.21. The van der Waals surface area contributed by atoms with E-state index < -0.39 is 0 Å². The van der Waals surface area contributed by atoms with Gasteiger partial charge in [-0.1, -0.05) is 25.5 Å². The number of nitrogens with one attached hydrogen (secondary N) is 1. The molecule has 0 aliphatic carbocycles. The van der Waals surface area contributed by atoms with E-state index in [1.807, 2.05) is 29.2 Å². The Bertz CT molecular complexity index is 546. The maximum absolute atomic E-state index is 11.6. The second kappa shape index (κ2) is 7.42. The zero-order chi connectivity index (χ0) is 16.1. The summed E-state index contributed by atoms with van der Waals surface area (Å²) in [6, 6.07) is 10.6. The number of carbonyl (C=O) groups excluding carboxylic acids is 1. The number of hydrogen-bond acceptors (Lipinski definition) is 3. The first-order chi connectivity index (χ1) is 10.5. The van der Waals surface area contributed by atoms with Crippen LogP contribution in [0.15, 0.2) is 24.3 Å². The van der Waals surface area contributed by atoms with E-state index >= 15 is 0 Å². The van der Waals surface area contributed by atoms with Crippen molar-refractivity contribution >= 4 is 5.91 Å². The molecule has 0 spiro atoms. The third-order valence-corrected chi connectivity index (χ3v) is 4.71. The second-order valence-electron chi connectivity index (χ2n) is 6.15. The molecule has 0 saturated carbocycles. The van der Waals surface area contributed by atoms with E-state index in [-0.39, 0.29) is 11.9 Å². The van der Waals surface area contributed by atoms with Gasteiger partial charge < -0.3 is 10.2 Å². The largest absolute Gasteiger partial charge is 0.343 e. The minimum absolute atomic E-state index is 0.178. The Morgan fingerprint density at radius 1 is 1.45 bits per heavy atom. The Balaban J connectivity index is 1.99. The van der Waals surface area contributed by atoms with Gasteiger partial charge in [-0.2, -0.15) is 5.26 Å². The molecule has 118 valence electrons. The van der Waals surface area contributed by atoms with Gasteiger partial charge in [0.1, 0.15) is 0 Å². The van der Waals surface area contributed by atoms with Crippen molar-refractivity contribution in [2.24, 2.45) is 5.92 Å². The first kappa shape index (κ1) is 16.5. The minimum Gasteiger partial charge on any atom is -0.343 e. The van der Waals surface area contributed by atoms with Gasteiger partial charge in [0, 0.05) is 32.1 Å². The molecular formula is C18H25N3O. The molecule has 4 nitrogen and oxygen atoms in total. The second-order valence-corrected chi connectivity index (χ2v) is 6.15. The molecule has 1 saturated heterocycles. The molecule has 4 heteroatoms. The number of hydrogen-bond donors (Lipinski definition) is 1. The van der Waals surface area contributed by atoms with Crippen LogP contribution >= 0.6 is 0 Å². The van der Waals surface area contributed by atoms with Crippen LogP contribution in [0.5, 0.6) is 0 Å². The van der Waals surface area contributed by atoms with E-state index in [0.717, 1.165) is 25.9 Å². The summed E-state index contributed by atoms with van der Waals surface area (Å²) >= 11 is 0. The first-order valence-corrected chi connectivity index (χ1v) is 8.06. The van der Waals surface area contributed by atoms with Gasteiger partial charge in [-0.15, -0.1) is 0 Å². The summed E-state index contributed by atoms with van der Waals surface area (Å²) in [6.07, 6.45) is 2.07. The highest BCUT2D eigenvalue weighted by Crippen LogP contribution is 2.24. The van der Waals surface area contributed by atoms with Crippen molar-refractivity contribution in [1.82, 2.24) is 10.2 Å². The summed E-state index contributed by atoms with van der Waals surface area (Å²) in [5.41, 5.74) is 1.89. The Labute approximate surface area is 133 Å². The Morgan fingerprint density at radius 2 is 2.14 bits per heavy atom. The number of rotatable bonds is 4. The van der Waals surface area contributed by atoms with Crippen LogP contribution in [0.2, 0.25) is 0 Å². The van der Waals surface area contributed by atoms with Crippen molar-refractivity contribution in [3.05, 3.63) is 35.4 Å². The van der Waals surface area contributed by atoms with Crippen LogP contribution in [0.4, 0.5) is 0 Å². The van der Waals surface area contributed by atoms with Gasteiger partial charge in [0.05, 0.1) is 11.6 Å². The zero-order valence-electron chi connectivity index (χ0n) is 13.7. The molecule has 1 N–H and O–H groups in total. The Kier molecular flexibility index (Phi) is 5.57. The molecule has 0 aromatic heterocycles. The third kappa shape index (κ3) is 3.86. The maximum Gasteiger partial charge on any atom is 0.219 e. The lowest BCUT2D eigenvalue weighted by Gasteiger charge is -2.39. The lowest BCUT2D eigenvalue weighted by atomic mass is 9.88. The topological polar surface area (TPSA) is 56.1 Å². The van der Waals surface area contributed by atoms with Crippen LogP contribution in [-0.2, 0) is 4.79 Å². The van der Waals surface area contributed by atoms with Crippen molar-refractivity contribution in [2.45, 2.75) is 45.7 Å². The molecular weight excluding hydrogens is 274 g/mol. The van der Waals surface area contributed by atoms with Gasteiger partial charge >= 0.3 is 0 Å². The quantitative estimate of drug-likeness (QED) is 0.930. The van der Waals surface area contributed by atoms with E-state index in [1.54, 1.807) is 6.92 Å². The lowest BCUT2D eigenvalue weighted by molar-refractivity contribution is -0.131. The number of piperidine rings is 1. The first-order valence-electron chi connectivity index (χ1n) is 8.06. The van der Waals surface area contributed by atoms with Crippen molar-refractivity contribution in [3.63, 3.8) is 0 Å². The summed E-state index contributed by atoms with van der Waals surface area (Å²) in [5.74, 6) is 0.676. The number of benzene rings is 1. The summed E-state index contributed by atoms with van der Waals surface area (Å²) in [5, 5.41) is 12.6. The molecule has 1 fully saturated rings. The Hall–Kier alpha value is -1.86. The van der Waals surface area contributed by atoms with Gasteiger partial charge in [-0.25, -0.2) is 0 Å². The van der Waals surface area contributed by atoms with E-state index in [2.05, 4.69) is 25.2 Å². The van der Waals surface area contributed by atoms with Crippen LogP contribution in [0, 0.1) is 17.2 Å². The average molecular weight is 299 g/mol. The lowest BCUT2D eigenvalue weighted by Crippen LogP contribution is -2.50. The molecule has 1 aliphatic heterocycles. The number of nitriles is 1. The number of amides is 1. The monoisotopic (exact) mass is 299 g/mol. The standard InChI is InChI=1S/C18H25N3O/c1-4-16-12-21(14(3)22)10-9-18(16)20-13(2)17-7-5-15(11-19)6-8-17/h5-8,13,16,18,20H,4,9-10,12H2,1-3H3. The molecule has 3 unspecified atom stereocenters. The number of nitrogens with zero attached hydrogens (tertiary/aromatic N) is 2. The smallest absolute Gasteiger partial charge is 0.219 e. The molecule has 3 atom stereocenters. The fourth-order valence-electron chi connectivity index (χ4n) is 3.21. The van der Waals surface area contributed by atoms with E-state index in [4.69, 9.17) is 5.26 Å². The summed E-state index contributed by atoms with van der Waals surface area (Å²) in [6.45, 7) is 7.69. The van der Waals surface area contributed by atoms with Crippen molar-refractivity contribution in [1.29, 1.82) is 5.26 Å². The maximum atomic E-state index is 11.6. The Morgan fingerprint density at radius 3 is 2.68 bits per heavy atom. The van der Waals surface area contributed by atoms with Crippen molar-refractivity contribution in [2.75, 3.05) is 13.1 Å². The number of likely N-dealkylation sites (tertiary alicyclic amines) is 1. The van der Waals surface area contributed by atoms with Gasteiger partial charge in [-0.3, -0.25) is 4.79 Å². The predicted octanol–water partition coefficient (Wildman–Crippen LogP) is 2.86. The average Bonchev–Trinajstić information content (AvgIpc) is 2.55. The summed E-state index contributed by atoms with van der Waals surface area (Å²) in [7, 11) is 0. The molecule has 2 rings (SSSR count). The molecule has 0 bridgehead atoms. The van der Waals surface area contributed by atoms with Crippen molar-refractivity contribution < 1.29 is 4.79 Å². The molecule has 1 aliphatic rings. The number of carbonyl (C=O) groups is 1. The van der Waals surface area contributed by atoms with Crippen LogP contribution in [0.3, 0.4) is 0 Å². The molecule has 1 aromatic carbocycles. The molecule has 1 aromatic rings. The SMILES string of the molecule is CCC1CN(C(C)=O)CCC1NC(C)c1ccc(C#N)cc1. The predicted molar refractivity (Wildman–Crippen MR) is 87.1 cm³/mol. The van der Waals surface area contributed by atoms with Crippen LogP contribution in [0.1, 0.15) is 50.8 Å². The van der Waals surface area contributed by atoms with Crippen LogP contribution in [-0.4, -0.2) is 29.9 Å². The molecule has 22 heavy (non-hydrogen) atoms. The van der Waals surface area contributed by atoms with Crippen LogP contribution < -0.4 is 5.32 Å². The van der Waals surface area contributed by atoms with Gasteiger partial charge in [0.15, 0.2) is 0 Å². The van der Waals surface area contributed by atoms with Gasteiger partial charge in [0.25, 0.3) is 0 Å². The summed E-state index contributed by atoms with van der Waals surface area (Å²) < 4.78 is 0. The van der Waals surface area contributed by atoms with E-state index in [9.17, 15) is 4.79 Å². The highest BCUT2D eigenvalue weighted by molar-refractivity contribution is 5.73. The fraction of sp³-hybridized carbons (Fsp3) is 0.556. The summed E-state index contributed by atoms with van der Waals surface area (Å²) in [4.78, 5) is 13.5. The van der Waals surface area contributed by atoms with E-state index in [0.29, 0.717) is 17.5 Å². The molecule has 1 heterocycles. The normalized spacial score (nSPS) is 22.9. The molecule has 1 amide bonds.